The van der Waals surface area contributed by atoms with Gasteiger partial charge in [0, 0.05) is 6.07 Å². The van der Waals surface area contributed by atoms with E-state index in [2.05, 4.69) is 0 Å². The van der Waals surface area contributed by atoms with Crippen LogP contribution < -0.4 is 4.74 Å². The summed E-state index contributed by atoms with van der Waals surface area (Å²) in [5.41, 5.74) is -0.240. The van der Waals surface area contributed by atoms with E-state index < -0.39 is 32.0 Å². The maximum atomic E-state index is 13.9. The quantitative estimate of drug-likeness (QED) is 0.617. The first kappa shape index (κ1) is 16.9. The van der Waals surface area contributed by atoms with Gasteiger partial charge < -0.3 is 4.74 Å². The monoisotopic (exact) mass is 339 g/mol. The van der Waals surface area contributed by atoms with Crippen molar-refractivity contribution in [3.05, 3.63) is 63.5 Å². The topological polar surface area (TPSA) is 86.5 Å². The number of nitro benzene ring substituents is 1. The normalized spacial score (nSPS) is 11.3. The molecule has 0 fully saturated rings. The zero-order valence-corrected chi connectivity index (χ0v) is 13.3. The highest BCUT2D eigenvalue weighted by Gasteiger charge is 2.27. The van der Waals surface area contributed by atoms with Crippen LogP contribution in [0.4, 0.5) is 10.1 Å². The molecule has 0 aliphatic carbocycles. The molecule has 0 atom stereocenters. The van der Waals surface area contributed by atoms with Crippen LogP contribution >= 0.6 is 0 Å². The number of sulfone groups is 1. The molecule has 122 valence electrons. The second-order valence-corrected chi connectivity index (χ2v) is 6.94. The van der Waals surface area contributed by atoms with Crippen molar-refractivity contribution in [1.82, 2.24) is 0 Å². The van der Waals surface area contributed by atoms with Gasteiger partial charge in [-0.2, -0.15) is 4.39 Å². The lowest BCUT2D eigenvalue weighted by Crippen LogP contribution is -2.08. The minimum atomic E-state index is -3.85. The number of hydrogen-bond donors (Lipinski definition) is 0. The number of rotatable bonds is 5. The van der Waals surface area contributed by atoms with E-state index >= 15 is 0 Å². The Morgan fingerprint density at radius 1 is 1.22 bits per heavy atom. The molecule has 2 rings (SSSR count). The summed E-state index contributed by atoms with van der Waals surface area (Å²) < 4.78 is 43.5. The Kier molecular flexibility index (Phi) is 4.65. The highest BCUT2D eigenvalue weighted by Crippen LogP contribution is 2.31. The lowest BCUT2D eigenvalue weighted by Gasteiger charge is -2.08. The Bertz CT molecular complexity index is 847. The second kappa shape index (κ2) is 6.33. The summed E-state index contributed by atoms with van der Waals surface area (Å²) in [5, 5.41) is 11.0. The number of halogens is 1. The summed E-state index contributed by atoms with van der Waals surface area (Å²) >= 11 is 0. The molecule has 2 aromatic carbocycles. The van der Waals surface area contributed by atoms with E-state index in [1.165, 1.54) is 19.2 Å². The van der Waals surface area contributed by atoms with Crippen molar-refractivity contribution < 1.29 is 22.5 Å². The number of ether oxygens (including phenoxy) is 1. The van der Waals surface area contributed by atoms with E-state index in [0.717, 1.165) is 17.7 Å². The first-order valence-corrected chi connectivity index (χ1v) is 8.20. The predicted octanol–water partition coefficient (Wildman–Crippen LogP) is 3.02. The van der Waals surface area contributed by atoms with Crippen LogP contribution in [0.1, 0.15) is 11.1 Å². The molecular weight excluding hydrogens is 325 g/mol. The van der Waals surface area contributed by atoms with Gasteiger partial charge in [0.15, 0.2) is 9.84 Å². The largest absolute Gasteiger partial charge is 0.497 e. The van der Waals surface area contributed by atoms with Crippen molar-refractivity contribution in [3.8, 4) is 5.75 Å². The van der Waals surface area contributed by atoms with Gasteiger partial charge in [0.2, 0.25) is 5.82 Å². The van der Waals surface area contributed by atoms with Gasteiger partial charge in [-0.25, -0.2) is 8.42 Å². The van der Waals surface area contributed by atoms with Gasteiger partial charge in [-0.15, -0.1) is 0 Å². The highest BCUT2D eigenvalue weighted by atomic mass is 32.2. The first-order valence-electron chi connectivity index (χ1n) is 6.55. The van der Waals surface area contributed by atoms with Crippen molar-refractivity contribution in [1.29, 1.82) is 0 Å². The molecule has 0 N–H and O–H groups in total. The van der Waals surface area contributed by atoms with Crippen LogP contribution in [0.3, 0.4) is 0 Å². The molecule has 8 heteroatoms. The number of methoxy groups -OCH3 is 1. The average molecular weight is 339 g/mol. The van der Waals surface area contributed by atoms with E-state index in [-0.39, 0.29) is 16.2 Å². The molecule has 6 nitrogen and oxygen atoms in total. The van der Waals surface area contributed by atoms with Crippen molar-refractivity contribution in [2.45, 2.75) is 17.6 Å². The van der Waals surface area contributed by atoms with E-state index in [0.29, 0.717) is 0 Å². The third-order valence-corrected chi connectivity index (χ3v) is 4.94. The number of aryl methyl sites for hydroxylation is 1. The van der Waals surface area contributed by atoms with E-state index in [1.54, 1.807) is 19.1 Å². The van der Waals surface area contributed by atoms with E-state index in [1.807, 2.05) is 0 Å². The fourth-order valence-electron chi connectivity index (χ4n) is 2.09. The minimum absolute atomic E-state index is 0.0145. The Labute approximate surface area is 132 Å². The molecule has 0 heterocycles. The second-order valence-electron chi connectivity index (χ2n) is 4.95. The molecular formula is C15H14FNO5S. The minimum Gasteiger partial charge on any atom is -0.497 e. The predicted molar refractivity (Wildman–Crippen MR) is 81.7 cm³/mol. The van der Waals surface area contributed by atoms with Crippen LogP contribution in [-0.4, -0.2) is 20.5 Å². The molecule has 0 radical (unpaired) electrons. The van der Waals surface area contributed by atoms with Gasteiger partial charge in [-0.1, -0.05) is 17.7 Å². The standard InChI is InChI=1S/C15H14FNO5S/c1-10-3-5-13(6-4-10)23(20,21)9-11-7-12(22-2)8-14(16)15(11)17(18)19/h3-8H,9H2,1-2H3. The van der Waals surface area contributed by atoms with Crippen LogP contribution in [0.15, 0.2) is 41.3 Å². The van der Waals surface area contributed by atoms with Crippen LogP contribution in [0, 0.1) is 22.9 Å². The summed E-state index contributed by atoms with van der Waals surface area (Å²) in [6, 6.07) is 8.06. The zero-order chi connectivity index (χ0) is 17.2. The van der Waals surface area contributed by atoms with Crippen molar-refractivity contribution in [2.24, 2.45) is 0 Å². The van der Waals surface area contributed by atoms with Gasteiger partial charge in [0.25, 0.3) is 0 Å². The van der Waals surface area contributed by atoms with Gasteiger partial charge in [0.05, 0.1) is 28.2 Å². The maximum absolute atomic E-state index is 13.9. The van der Waals surface area contributed by atoms with Gasteiger partial charge in [0.1, 0.15) is 5.75 Å². The molecule has 23 heavy (non-hydrogen) atoms. The summed E-state index contributed by atoms with van der Waals surface area (Å²) in [6.45, 7) is 1.80. The van der Waals surface area contributed by atoms with Crippen LogP contribution in [0.2, 0.25) is 0 Å². The molecule has 0 aliphatic heterocycles. The Hall–Kier alpha value is -2.48. The third kappa shape index (κ3) is 3.65. The zero-order valence-electron chi connectivity index (χ0n) is 12.4. The SMILES string of the molecule is COc1cc(F)c([N+](=O)[O-])c(CS(=O)(=O)c2ccc(C)cc2)c1. The smallest absolute Gasteiger partial charge is 0.309 e. The van der Waals surface area contributed by atoms with Crippen molar-refractivity contribution in [3.63, 3.8) is 0 Å². The lowest BCUT2D eigenvalue weighted by molar-refractivity contribution is -0.388. The first-order chi connectivity index (χ1) is 10.7. The lowest BCUT2D eigenvalue weighted by atomic mass is 10.2. The molecule has 0 unspecified atom stereocenters. The third-order valence-electron chi connectivity index (χ3n) is 3.26. The molecule has 0 spiro atoms. The molecule has 0 saturated heterocycles. The van der Waals surface area contributed by atoms with Crippen LogP contribution in [-0.2, 0) is 15.6 Å². The highest BCUT2D eigenvalue weighted by molar-refractivity contribution is 7.90. The van der Waals surface area contributed by atoms with Crippen LogP contribution in [0.25, 0.3) is 0 Å². The Morgan fingerprint density at radius 3 is 2.35 bits per heavy atom. The molecule has 0 amide bonds. The number of hydrogen-bond acceptors (Lipinski definition) is 5. The number of nitrogens with zero attached hydrogens (tertiary/aromatic N) is 1. The molecule has 0 aromatic heterocycles. The average Bonchev–Trinajstić information content (AvgIpc) is 2.46. The fourth-order valence-corrected chi connectivity index (χ4v) is 3.44. The molecule has 0 saturated carbocycles. The van der Waals surface area contributed by atoms with Gasteiger partial charge >= 0.3 is 5.69 Å². The fraction of sp³-hybridized carbons (Fsp3) is 0.200. The molecule has 0 bridgehead atoms. The van der Waals surface area contributed by atoms with E-state index in [4.69, 9.17) is 4.74 Å². The Morgan fingerprint density at radius 2 is 1.83 bits per heavy atom. The molecule has 2 aromatic rings. The maximum Gasteiger partial charge on any atom is 0.309 e. The summed E-state index contributed by atoms with van der Waals surface area (Å²) in [5.74, 6) is -1.81. The van der Waals surface area contributed by atoms with Crippen LogP contribution in [0.5, 0.6) is 5.75 Å². The van der Waals surface area contributed by atoms with Gasteiger partial charge in [-0.3, -0.25) is 10.1 Å². The summed E-state index contributed by atoms with van der Waals surface area (Å²) in [6.07, 6.45) is 0. The van der Waals surface area contributed by atoms with Crippen molar-refractivity contribution in [2.75, 3.05) is 7.11 Å². The number of nitro groups is 1. The van der Waals surface area contributed by atoms with Gasteiger partial charge in [-0.05, 0) is 25.1 Å². The summed E-state index contributed by atoms with van der Waals surface area (Å²) in [7, 11) is -2.59. The molecule has 0 aliphatic rings. The van der Waals surface area contributed by atoms with Crippen molar-refractivity contribution >= 4 is 15.5 Å². The number of benzene rings is 2. The summed E-state index contributed by atoms with van der Waals surface area (Å²) in [4.78, 5) is 10.1. The van der Waals surface area contributed by atoms with E-state index in [9.17, 15) is 22.9 Å². The Balaban J connectivity index is 2.51.